The van der Waals surface area contributed by atoms with E-state index >= 15 is 0 Å². The van der Waals surface area contributed by atoms with E-state index in [-0.39, 0.29) is 40.5 Å². The van der Waals surface area contributed by atoms with Crippen LogP contribution >= 0.6 is 11.6 Å². The number of aryl methyl sites for hydroxylation is 1. The van der Waals surface area contributed by atoms with Crippen LogP contribution in [0.2, 0.25) is 5.02 Å². The third-order valence-corrected chi connectivity index (χ3v) is 7.06. The van der Waals surface area contributed by atoms with Crippen molar-refractivity contribution in [2.75, 3.05) is 11.5 Å². The number of aromatic nitrogens is 3. The molecule has 1 aromatic carbocycles. The molecule has 4 aromatic rings. The predicted molar refractivity (Wildman–Crippen MR) is 139 cm³/mol. The first kappa shape index (κ1) is 27.6. The lowest BCUT2D eigenvalue weighted by Crippen LogP contribution is -2.19. The number of sulfonamides is 1. The van der Waals surface area contributed by atoms with Crippen LogP contribution in [0.5, 0.6) is 0 Å². The molecule has 0 saturated carbocycles. The monoisotopic (exact) mass is 565 g/mol. The highest BCUT2D eigenvalue weighted by Crippen LogP contribution is 2.34. The molecule has 0 aliphatic carbocycles. The lowest BCUT2D eigenvalue weighted by molar-refractivity contribution is -0.138. The summed E-state index contributed by atoms with van der Waals surface area (Å²) in [4.78, 5) is 15.6. The Balaban J connectivity index is 1.84. The van der Waals surface area contributed by atoms with Gasteiger partial charge >= 0.3 is 6.18 Å². The Labute approximate surface area is 222 Å². The summed E-state index contributed by atoms with van der Waals surface area (Å²) in [6, 6.07) is 7.57. The quantitative estimate of drug-likeness (QED) is 0.256. The van der Waals surface area contributed by atoms with E-state index in [4.69, 9.17) is 16.3 Å². The lowest BCUT2D eigenvalue weighted by atomic mass is 10.0. The number of aliphatic imine (C=N–C) groups is 1. The van der Waals surface area contributed by atoms with Crippen LogP contribution in [0.1, 0.15) is 36.2 Å². The van der Waals surface area contributed by atoms with Crippen LogP contribution in [0.3, 0.4) is 0 Å². The Bertz CT molecular complexity index is 1620. The molecule has 0 amide bonds. The second kappa shape index (κ2) is 10.7. The van der Waals surface area contributed by atoms with Crippen LogP contribution < -0.4 is 4.72 Å². The van der Waals surface area contributed by atoms with E-state index in [1.165, 1.54) is 19.2 Å². The van der Waals surface area contributed by atoms with E-state index in [1.807, 2.05) is 13.8 Å². The topological polar surface area (TPSA) is 109 Å². The summed E-state index contributed by atoms with van der Waals surface area (Å²) < 4.78 is 74.8. The number of pyridine rings is 2. The van der Waals surface area contributed by atoms with Crippen molar-refractivity contribution in [3.8, 4) is 0 Å². The molecule has 3 aromatic heterocycles. The fourth-order valence-electron chi connectivity index (χ4n) is 3.69. The average Bonchev–Trinajstić information content (AvgIpc) is 3.31. The van der Waals surface area contributed by atoms with Gasteiger partial charge in [-0.15, -0.1) is 0 Å². The summed E-state index contributed by atoms with van der Waals surface area (Å²) in [6.45, 7) is 4.86. The van der Waals surface area contributed by atoms with Gasteiger partial charge in [0.15, 0.2) is 0 Å². The molecule has 0 aliphatic rings. The number of H-pyrrole nitrogens is 1. The zero-order valence-electron chi connectivity index (χ0n) is 20.5. The molecule has 0 spiro atoms. The minimum atomic E-state index is -4.72. The predicted octanol–water partition coefficient (Wildman–Crippen LogP) is 5.96. The van der Waals surface area contributed by atoms with Crippen molar-refractivity contribution in [2.24, 2.45) is 4.99 Å². The molecule has 0 fully saturated rings. The summed E-state index contributed by atoms with van der Waals surface area (Å²) in [5.74, 6) is 0. The highest BCUT2D eigenvalue weighted by Gasteiger charge is 2.34. The summed E-state index contributed by atoms with van der Waals surface area (Å²) >= 11 is 6.15. The van der Waals surface area contributed by atoms with Gasteiger partial charge in [-0.1, -0.05) is 17.7 Å². The first-order valence-electron chi connectivity index (χ1n) is 11.3. The molecule has 13 heteroatoms. The maximum Gasteiger partial charge on any atom is 0.416 e. The highest BCUT2D eigenvalue weighted by molar-refractivity contribution is 7.92. The fraction of sp³-hybridized carbons (Fsp3) is 0.240. The standard InChI is InChI=1S/C25H23ClF3N5O3S/c1-14(2)37-13-33-22(18-6-8-30-24-19(18)7-9-31-24)23-21(10-16(26)12-32-23)34-38(35,36)17-5-4-15(3)20(11-17)25(27,28)29/h4-12,14,34H,13H2,1-3H3,(H,30,31). The van der Waals surface area contributed by atoms with Gasteiger partial charge in [-0.05, 0) is 56.7 Å². The van der Waals surface area contributed by atoms with E-state index < -0.39 is 26.7 Å². The zero-order valence-corrected chi connectivity index (χ0v) is 22.0. The molecule has 8 nitrogen and oxygen atoms in total. The van der Waals surface area contributed by atoms with Crippen LogP contribution in [0, 0.1) is 6.92 Å². The summed E-state index contributed by atoms with van der Waals surface area (Å²) in [6.07, 6.45) is -0.297. The second-order valence-corrected chi connectivity index (χ2v) is 10.7. The SMILES string of the molecule is Cc1ccc(S(=O)(=O)Nc2cc(Cl)cnc2C(=NCOC(C)C)c2ccnc3[nH]ccc23)cc1C(F)(F)F. The van der Waals surface area contributed by atoms with Gasteiger partial charge in [0.2, 0.25) is 0 Å². The van der Waals surface area contributed by atoms with Gasteiger partial charge in [0.05, 0.1) is 33.0 Å². The summed E-state index contributed by atoms with van der Waals surface area (Å²) in [5.41, 5.74) is 0.285. The number of nitrogens with one attached hydrogen (secondary N) is 2. The number of fused-ring (bicyclic) bond motifs is 1. The highest BCUT2D eigenvalue weighted by atomic mass is 35.5. The van der Waals surface area contributed by atoms with Crippen molar-refractivity contribution < 1.29 is 26.3 Å². The Morgan fingerprint density at radius 3 is 2.66 bits per heavy atom. The largest absolute Gasteiger partial charge is 0.416 e. The molecule has 200 valence electrons. The van der Waals surface area contributed by atoms with Crippen molar-refractivity contribution in [3.05, 3.63) is 82.4 Å². The first-order chi connectivity index (χ1) is 17.9. The van der Waals surface area contributed by atoms with Gasteiger partial charge in [0, 0.05) is 29.5 Å². The maximum atomic E-state index is 13.5. The molecule has 0 unspecified atom stereocenters. The minimum Gasteiger partial charge on any atom is -0.357 e. The normalized spacial score (nSPS) is 12.9. The third kappa shape index (κ3) is 5.98. The number of nitrogens with zero attached hydrogens (tertiary/aromatic N) is 3. The maximum absolute atomic E-state index is 13.5. The molecule has 4 rings (SSSR count). The molecule has 0 saturated heterocycles. The molecule has 0 bridgehead atoms. The Morgan fingerprint density at radius 1 is 1.18 bits per heavy atom. The molecule has 2 N–H and O–H groups in total. The van der Waals surface area contributed by atoms with Crippen LogP contribution in [-0.4, -0.2) is 41.9 Å². The molecule has 3 heterocycles. The number of halogens is 4. The molecular weight excluding hydrogens is 543 g/mol. The van der Waals surface area contributed by atoms with E-state index in [0.717, 1.165) is 12.1 Å². The number of anilines is 1. The Morgan fingerprint density at radius 2 is 1.95 bits per heavy atom. The number of hydrogen-bond acceptors (Lipinski definition) is 6. The van der Waals surface area contributed by atoms with Crippen molar-refractivity contribution in [1.82, 2.24) is 15.0 Å². The van der Waals surface area contributed by atoms with Crippen molar-refractivity contribution in [1.29, 1.82) is 0 Å². The first-order valence-corrected chi connectivity index (χ1v) is 13.2. The molecule has 38 heavy (non-hydrogen) atoms. The van der Waals surface area contributed by atoms with E-state index in [2.05, 4.69) is 24.7 Å². The van der Waals surface area contributed by atoms with Gasteiger partial charge in [-0.3, -0.25) is 14.7 Å². The average molecular weight is 566 g/mol. The van der Waals surface area contributed by atoms with Crippen LogP contribution in [0.4, 0.5) is 18.9 Å². The van der Waals surface area contributed by atoms with Crippen LogP contribution in [0.15, 0.2) is 64.9 Å². The number of benzene rings is 1. The van der Waals surface area contributed by atoms with E-state index in [1.54, 1.807) is 24.5 Å². The number of aromatic amines is 1. The Kier molecular flexibility index (Phi) is 7.77. The number of rotatable bonds is 8. The van der Waals surface area contributed by atoms with Crippen LogP contribution in [0.25, 0.3) is 11.0 Å². The van der Waals surface area contributed by atoms with Gasteiger partial charge < -0.3 is 9.72 Å². The van der Waals surface area contributed by atoms with Crippen molar-refractivity contribution >= 4 is 44.1 Å². The van der Waals surface area contributed by atoms with E-state index in [0.29, 0.717) is 22.7 Å². The van der Waals surface area contributed by atoms with Gasteiger partial charge in [-0.2, -0.15) is 13.2 Å². The Hall–Kier alpha value is -3.48. The minimum absolute atomic E-state index is 0.0648. The van der Waals surface area contributed by atoms with Crippen molar-refractivity contribution in [3.63, 3.8) is 0 Å². The van der Waals surface area contributed by atoms with Gasteiger partial charge in [0.25, 0.3) is 10.0 Å². The molecule has 0 aliphatic heterocycles. The third-order valence-electron chi connectivity index (χ3n) is 5.49. The number of hydrogen-bond donors (Lipinski definition) is 2. The smallest absolute Gasteiger partial charge is 0.357 e. The van der Waals surface area contributed by atoms with Crippen molar-refractivity contribution in [2.45, 2.75) is 37.9 Å². The summed E-state index contributed by atoms with van der Waals surface area (Å²) in [7, 11) is -4.49. The second-order valence-electron chi connectivity index (χ2n) is 8.58. The molecule has 0 radical (unpaired) electrons. The number of alkyl halides is 3. The number of ether oxygens (including phenoxy) is 1. The lowest BCUT2D eigenvalue weighted by Gasteiger charge is -2.16. The van der Waals surface area contributed by atoms with Gasteiger partial charge in [0.1, 0.15) is 18.1 Å². The van der Waals surface area contributed by atoms with Crippen LogP contribution in [-0.2, 0) is 20.9 Å². The molecular formula is C25H23ClF3N5O3S. The van der Waals surface area contributed by atoms with Gasteiger partial charge in [-0.25, -0.2) is 13.4 Å². The summed E-state index contributed by atoms with van der Waals surface area (Å²) in [5, 5.41) is 0.792. The fourth-order valence-corrected chi connectivity index (χ4v) is 4.93. The molecule has 0 atom stereocenters. The zero-order chi connectivity index (χ0) is 27.7. The van der Waals surface area contributed by atoms with E-state index in [9.17, 15) is 21.6 Å².